The van der Waals surface area contributed by atoms with E-state index in [0.29, 0.717) is 17.0 Å². The summed E-state index contributed by atoms with van der Waals surface area (Å²) in [5, 5.41) is 1.95. The van der Waals surface area contributed by atoms with Gasteiger partial charge in [0.25, 0.3) is 0 Å². The summed E-state index contributed by atoms with van der Waals surface area (Å²) in [4.78, 5) is 5.17. The molecule has 0 aliphatic rings. The van der Waals surface area contributed by atoms with Gasteiger partial charge in [-0.25, -0.2) is 9.37 Å². The summed E-state index contributed by atoms with van der Waals surface area (Å²) in [6, 6.07) is 8.18. The summed E-state index contributed by atoms with van der Waals surface area (Å²) in [7, 11) is 0. The first-order chi connectivity index (χ1) is 7.33. The maximum Gasteiger partial charge on any atom is 0.237 e. The van der Waals surface area contributed by atoms with Crippen molar-refractivity contribution in [3.63, 3.8) is 0 Å². The molecule has 0 aliphatic heterocycles. The lowest BCUT2D eigenvalue weighted by Crippen LogP contribution is -1.72. The van der Waals surface area contributed by atoms with Crippen molar-refractivity contribution < 1.29 is 8.81 Å². The summed E-state index contributed by atoms with van der Waals surface area (Å²) < 4.78 is 18.4. The third-order valence-corrected chi connectivity index (χ3v) is 2.94. The normalized spacial score (nSPS) is 11.0. The Bertz CT molecular complexity index is 600. The molecular weight excluding hydrogens is 213 g/mol. The summed E-state index contributed by atoms with van der Waals surface area (Å²) >= 11 is 1.55. The molecule has 0 amide bonds. The Morgan fingerprint density at radius 3 is 3.00 bits per heavy atom. The molecular formula is C11H6FNOS. The molecule has 4 heteroatoms. The van der Waals surface area contributed by atoms with Crippen LogP contribution in [0.25, 0.3) is 21.9 Å². The minimum absolute atomic E-state index is 0.298. The summed E-state index contributed by atoms with van der Waals surface area (Å²) in [6.07, 6.45) is 0. The zero-order valence-corrected chi connectivity index (χ0v) is 8.42. The van der Waals surface area contributed by atoms with Gasteiger partial charge < -0.3 is 4.42 Å². The van der Waals surface area contributed by atoms with Crippen LogP contribution >= 0.6 is 11.3 Å². The fourth-order valence-electron chi connectivity index (χ4n) is 1.41. The first-order valence-electron chi connectivity index (χ1n) is 4.43. The predicted octanol–water partition coefficient (Wildman–Crippen LogP) is 3.70. The number of hydrogen-bond acceptors (Lipinski definition) is 3. The zero-order chi connectivity index (χ0) is 10.3. The lowest BCUT2D eigenvalue weighted by atomic mass is 10.3. The number of nitrogens with zero attached hydrogens (tertiary/aromatic N) is 1. The van der Waals surface area contributed by atoms with Gasteiger partial charge in [0.2, 0.25) is 5.89 Å². The molecule has 0 unspecified atom stereocenters. The van der Waals surface area contributed by atoms with E-state index in [1.165, 1.54) is 12.1 Å². The van der Waals surface area contributed by atoms with Crippen molar-refractivity contribution in [3.8, 4) is 10.8 Å². The van der Waals surface area contributed by atoms with E-state index in [2.05, 4.69) is 4.98 Å². The van der Waals surface area contributed by atoms with Crippen molar-refractivity contribution in [3.05, 3.63) is 41.5 Å². The number of benzene rings is 1. The Hall–Kier alpha value is -1.68. The van der Waals surface area contributed by atoms with Crippen molar-refractivity contribution in [1.29, 1.82) is 0 Å². The van der Waals surface area contributed by atoms with Crippen LogP contribution in [0.3, 0.4) is 0 Å². The third-order valence-electron chi connectivity index (χ3n) is 2.08. The molecule has 1 aromatic carbocycles. The first-order valence-corrected chi connectivity index (χ1v) is 5.31. The Morgan fingerprint density at radius 1 is 1.27 bits per heavy atom. The number of halogens is 1. The Labute approximate surface area is 89.0 Å². The fraction of sp³-hybridized carbons (Fsp3) is 0. The quantitative estimate of drug-likeness (QED) is 0.623. The van der Waals surface area contributed by atoms with Crippen LogP contribution < -0.4 is 0 Å². The lowest BCUT2D eigenvalue weighted by Gasteiger charge is -1.85. The van der Waals surface area contributed by atoms with Gasteiger partial charge in [-0.15, -0.1) is 11.3 Å². The van der Waals surface area contributed by atoms with Crippen LogP contribution in [0.4, 0.5) is 4.39 Å². The number of rotatable bonds is 1. The molecule has 0 atom stereocenters. The Kier molecular flexibility index (Phi) is 1.82. The largest absolute Gasteiger partial charge is 0.435 e. The molecule has 0 saturated heterocycles. The summed E-state index contributed by atoms with van der Waals surface area (Å²) in [5.74, 6) is 0.249. The van der Waals surface area contributed by atoms with Gasteiger partial charge >= 0.3 is 0 Å². The minimum Gasteiger partial charge on any atom is -0.435 e. The van der Waals surface area contributed by atoms with Crippen molar-refractivity contribution in [2.24, 2.45) is 0 Å². The zero-order valence-electron chi connectivity index (χ0n) is 7.61. The smallest absolute Gasteiger partial charge is 0.237 e. The second-order valence-corrected chi connectivity index (χ2v) is 4.06. The standard InChI is InChI=1S/C11H6FNOS/c12-7-3-4-9-8(6-7)13-11(14-9)10-2-1-5-15-10/h1-6H. The predicted molar refractivity (Wildman–Crippen MR) is 57.3 cm³/mol. The first kappa shape index (κ1) is 8.61. The highest BCUT2D eigenvalue weighted by atomic mass is 32.1. The van der Waals surface area contributed by atoms with E-state index < -0.39 is 0 Å². The van der Waals surface area contributed by atoms with E-state index in [1.807, 2.05) is 17.5 Å². The molecule has 2 heterocycles. The second-order valence-electron chi connectivity index (χ2n) is 3.11. The van der Waals surface area contributed by atoms with E-state index in [9.17, 15) is 4.39 Å². The number of fused-ring (bicyclic) bond motifs is 1. The maximum absolute atomic E-state index is 12.9. The number of hydrogen-bond donors (Lipinski definition) is 0. The fourth-order valence-corrected chi connectivity index (χ4v) is 2.06. The molecule has 0 fully saturated rings. The monoisotopic (exact) mass is 219 g/mol. The Morgan fingerprint density at radius 2 is 2.20 bits per heavy atom. The van der Waals surface area contributed by atoms with E-state index in [-0.39, 0.29) is 5.82 Å². The van der Waals surface area contributed by atoms with E-state index in [0.717, 1.165) is 4.88 Å². The van der Waals surface area contributed by atoms with Gasteiger partial charge in [0.05, 0.1) is 4.88 Å². The summed E-state index contributed by atoms with van der Waals surface area (Å²) in [5.41, 5.74) is 1.17. The summed E-state index contributed by atoms with van der Waals surface area (Å²) in [6.45, 7) is 0. The van der Waals surface area contributed by atoms with Crippen molar-refractivity contribution in [1.82, 2.24) is 4.98 Å². The van der Waals surface area contributed by atoms with E-state index in [4.69, 9.17) is 4.42 Å². The van der Waals surface area contributed by atoms with Crippen LogP contribution in [0.1, 0.15) is 0 Å². The molecule has 0 spiro atoms. The lowest BCUT2D eigenvalue weighted by molar-refractivity contribution is 0.615. The Balaban J connectivity index is 2.22. The van der Waals surface area contributed by atoms with Crippen molar-refractivity contribution >= 4 is 22.4 Å². The SMILES string of the molecule is Fc1ccc2oc(-c3cccs3)nc2c1. The molecule has 74 valence electrons. The molecule has 0 radical (unpaired) electrons. The van der Waals surface area contributed by atoms with Crippen LogP contribution in [0, 0.1) is 5.82 Å². The van der Waals surface area contributed by atoms with Gasteiger partial charge in [0.15, 0.2) is 5.58 Å². The molecule has 0 N–H and O–H groups in total. The van der Waals surface area contributed by atoms with Crippen LogP contribution in [0.5, 0.6) is 0 Å². The van der Waals surface area contributed by atoms with Crippen LogP contribution in [-0.4, -0.2) is 4.98 Å². The molecule has 2 nitrogen and oxygen atoms in total. The van der Waals surface area contributed by atoms with Crippen LogP contribution in [-0.2, 0) is 0 Å². The van der Waals surface area contributed by atoms with Gasteiger partial charge in [-0.1, -0.05) is 6.07 Å². The molecule has 0 saturated carbocycles. The van der Waals surface area contributed by atoms with Crippen molar-refractivity contribution in [2.45, 2.75) is 0 Å². The highest BCUT2D eigenvalue weighted by Crippen LogP contribution is 2.27. The molecule has 3 rings (SSSR count). The number of oxazole rings is 1. The number of aromatic nitrogens is 1. The van der Waals surface area contributed by atoms with E-state index in [1.54, 1.807) is 17.4 Å². The van der Waals surface area contributed by atoms with Crippen LogP contribution in [0.15, 0.2) is 40.1 Å². The van der Waals surface area contributed by atoms with Crippen molar-refractivity contribution in [2.75, 3.05) is 0 Å². The third kappa shape index (κ3) is 1.43. The molecule has 0 aliphatic carbocycles. The van der Waals surface area contributed by atoms with Gasteiger partial charge in [-0.05, 0) is 23.6 Å². The van der Waals surface area contributed by atoms with Gasteiger partial charge in [-0.2, -0.15) is 0 Å². The average Bonchev–Trinajstić information content (AvgIpc) is 2.84. The molecule has 15 heavy (non-hydrogen) atoms. The maximum atomic E-state index is 12.9. The van der Waals surface area contributed by atoms with Crippen LogP contribution in [0.2, 0.25) is 0 Å². The highest BCUT2D eigenvalue weighted by molar-refractivity contribution is 7.13. The number of thiophene rings is 1. The van der Waals surface area contributed by atoms with Gasteiger partial charge in [0.1, 0.15) is 11.3 Å². The molecule has 0 bridgehead atoms. The van der Waals surface area contributed by atoms with Gasteiger partial charge in [0, 0.05) is 6.07 Å². The average molecular weight is 219 g/mol. The minimum atomic E-state index is -0.298. The van der Waals surface area contributed by atoms with Gasteiger partial charge in [-0.3, -0.25) is 0 Å². The highest BCUT2D eigenvalue weighted by Gasteiger charge is 2.08. The second kappa shape index (κ2) is 3.17. The molecule has 2 aromatic heterocycles. The molecule has 3 aromatic rings. The topological polar surface area (TPSA) is 26.0 Å². The van der Waals surface area contributed by atoms with E-state index >= 15 is 0 Å².